The number of carbonyl (C=O) groups is 13. The van der Waals surface area contributed by atoms with Crippen molar-refractivity contribution in [2.75, 3.05) is 26.2 Å². The number of nitrogens with two attached hydrogens (primary N) is 3. The van der Waals surface area contributed by atoms with E-state index in [1.54, 1.807) is 43.3 Å². The highest BCUT2D eigenvalue weighted by atomic mass is 16.6. The highest BCUT2D eigenvalue weighted by Gasteiger charge is 2.53. The second kappa shape index (κ2) is 41.4. The molecule has 0 aliphatic carbocycles. The summed E-state index contributed by atoms with van der Waals surface area (Å²) in [5.74, 6) is -7.79. The summed E-state index contributed by atoms with van der Waals surface area (Å²) in [5, 5.41) is 52.7. The number of epoxide rings is 3. The maximum Gasteiger partial charge on any atom is 0.253 e. The monoisotopic (exact) mass is 1400 g/mol. The van der Waals surface area contributed by atoms with Gasteiger partial charge in [0.15, 0.2) is 54.0 Å². The fourth-order valence-electron chi connectivity index (χ4n) is 10.7. The number of phenols is 3. The van der Waals surface area contributed by atoms with Crippen molar-refractivity contribution in [1.29, 1.82) is 0 Å². The Morgan fingerprint density at radius 1 is 0.410 bits per heavy atom. The third-order valence-corrected chi connectivity index (χ3v) is 16.3. The van der Waals surface area contributed by atoms with Gasteiger partial charge in [-0.25, -0.2) is 0 Å². The van der Waals surface area contributed by atoms with Crippen LogP contribution in [-0.4, -0.2) is 178 Å². The van der Waals surface area contributed by atoms with E-state index in [4.69, 9.17) is 36.5 Å². The van der Waals surface area contributed by atoms with Crippen LogP contribution in [0.2, 0.25) is 0 Å². The molecule has 3 aromatic carbocycles. The van der Waals surface area contributed by atoms with Crippen molar-refractivity contribution in [2.24, 2.45) is 52.7 Å². The molecule has 0 radical (unpaired) electrons. The number of likely N-dealkylation sites (N-methyl/N-ethyl adjacent to an activating group) is 1. The lowest BCUT2D eigenvalue weighted by Crippen LogP contribution is -2.46. The van der Waals surface area contributed by atoms with Crippen LogP contribution in [-0.2, 0) is 95.8 Å². The average molecular weight is 1400 g/mol. The average Bonchev–Trinajstić information content (AvgIpc) is 1.66. The summed E-state index contributed by atoms with van der Waals surface area (Å²) in [6.45, 7) is 15.4. The lowest BCUT2D eigenvalue weighted by Gasteiger charge is -2.21. The van der Waals surface area contributed by atoms with Crippen molar-refractivity contribution in [2.45, 2.75) is 194 Å². The van der Waals surface area contributed by atoms with Gasteiger partial charge in [-0.05, 0) is 136 Å². The fourth-order valence-corrected chi connectivity index (χ4v) is 10.7. The van der Waals surface area contributed by atoms with Crippen molar-refractivity contribution in [3.63, 3.8) is 0 Å². The Bertz CT molecular complexity index is 3270. The molecular formula is C71H101N9O20. The molecule has 0 saturated carbocycles. The molecule has 5 unspecified atom stereocenters. The third-order valence-electron chi connectivity index (χ3n) is 16.3. The highest BCUT2D eigenvalue weighted by molar-refractivity contribution is 6.01. The zero-order valence-corrected chi connectivity index (χ0v) is 58.2. The van der Waals surface area contributed by atoms with Crippen LogP contribution in [0.4, 0.5) is 0 Å². The Balaban J connectivity index is 0.000000319. The Morgan fingerprint density at radius 3 is 0.960 bits per heavy atom. The van der Waals surface area contributed by atoms with Crippen molar-refractivity contribution in [3.05, 3.63) is 89.5 Å². The Labute approximate surface area is 582 Å². The van der Waals surface area contributed by atoms with Crippen LogP contribution in [0.15, 0.2) is 72.8 Å². The largest absolute Gasteiger partial charge is 0.508 e. The number of aromatic hydroxyl groups is 3. The molecule has 12 atom stereocenters. The van der Waals surface area contributed by atoms with E-state index < -0.39 is 114 Å². The number of Topliss-reactive ketones (excluding diaryl/α,β-unsaturated/α-hetero) is 4. The number of primary amides is 3. The minimum Gasteiger partial charge on any atom is -0.508 e. The summed E-state index contributed by atoms with van der Waals surface area (Å²) >= 11 is 0. The van der Waals surface area contributed by atoms with Crippen molar-refractivity contribution < 1.29 is 97.0 Å². The number of amides is 9. The number of hydrogen-bond donors (Lipinski definition) is 13. The van der Waals surface area contributed by atoms with Gasteiger partial charge in [0.25, 0.3) is 35.4 Å². The zero-order chi connectivity index (χ0) is 74.5. The molecule has 3 heterocycles. The normalized spacial score (nSPS) is 18.8. The highest BCUT2D eigenvalue weighted by Crippen LogP contribution is 2.28. The zero-order valence-electron chi connectivity index (χ0n) is 58.2. The number of nitrogens with one attached hydrogen (secondary N) is 6. The molecule has 16 N–H and O–H groups in total. The molecule has 3 fully saturated rings. The van der Waals surface area contributed by atoms with E-state index >= 15 is 0 Å². The van der Waals surface area contributed by atoms with E-state index in [0.717, 1.165) is 42.4 Å². The first-order valence-corrected chi connectivity index (χ1v) is 33.8. The Kier molecular flexibility index (Phi) is 34.5. The van der Waals surface area contributed by atoms with Gasteiger partial charge in [-0.2, -0.15) is 0 Å². The maximum absolute atomic E-state index is 13.1. The number of ether oxygens (including phenoxy) is 3. The van der Waals surface area contributed by atoms with Crippen LogP contribution in [0, 0.1) is 35.5 Å². The van der Waals surface area contributed by atoms with Crippen LogP contribution in [0.1, 0.15) is 136 Å². The van der Waals surface area contributed by atoms with Crippen LogP contribution in [0.5, 0.6) is 17.2 Å². The van der Waals surface area contributed by atoms with E-state index in [0.29, 0.717) is 32.4 Å². The lowest BCUT2D eigenvalue weighted by atomic mass is 9.89. The van der Waals surface area contributed by atoms with Crippen molar-refractivity contribution in [3.8, 4) is 17.2 Å². The summed E-state index contributed by atoms with van der Waals surface area (Å²) in [4.78, 5) is 160. The summed E-state index contributed by atoms with van der Waals surface area (Å²) in [6, 6.07) is 16.4. The quantitative estimate of drug-likeness (QED) is 0.0281. The lowest BCUT2D eigenvalue weighted by molar-refractivity contribution is -0.131. The number of unbranched alkanes of at least 4 members (excludes halogenated alkanes) is 3. The number of ketones is 4. The first-order chi connectivity index (χ1) is 47.2. The minimum atomic E-state index is -1.04. The number of hydrogen-bond acceptors (Lipinski definition) is 20. The number of benzene rings is 3. The van der Waals surface area contributed by atoms with E-state index in [2.05, 4.69) is 31.9 Å². The van der Waals surface area contributed by atoms with Crippen LogP contribution in [0.25, 0.3) is 0 Å². The number of phenolic OH excluding ortho intramolecular Hbond substituents is 3. The van der Waals surface area contributed by atoms with Crippen LogP contribution >= 0.6 is 0 Å². The Hall–Kier alpha value is -9.19. The molecule has 29 nitrogen and oxygen atoms in total. The van der Waals surface area contributed by atoms with E-state index in [1.807, 2.05) is 41.5 Å². The summed E-state index contributed by atoms with van der Waals surface area (Å²) in [7, 11) is 0. The molecule has 3 saturated heterocycles. The molecule has 0 aromatic heterocycles. The fraction of sp³-hybridized carbons (Fsp3) is 0.563. The maximum atomic E-state index is 13.1. The molecule has 6 rings (SSSR count). The third kappa shape index (κ3) is 30.1. The SMILES string of the molecule is CC(=O)CNC(=O)[C@@H]1OC1C(=O)N[C@@H](CC(C)C)C(=O)C[C@@H](Cc1ccc(O)cc1)C(N)=O.CC(C)C[C@H](NC(=O)C1OC1C(=O)NCCCCCCO)C(=O)C[C@@H](Cc1ccc(O)cc1)C(N)=O.CCNC(=O)C1OC1C(=O)N[C@@H](CC(C)C)C(=O)C[C@@H](Cc1ccc(O)cc1)C(N)=O. The van der Waals surface area contributed by atoms with E-state index in [9.17, 15) is 77.6 Å². The predicted molar refractivity (Wildman–Crippen MR) is 363 cm³/mol. The van der Waals surface area contributed by atoms with Gasteiger partial charge in [-0.15, -0.1) is 0 Å². The predicted octanol–water partition coefficient (Wildman–Crippen LogP) is 1.39. The van der Waals surface area contributed by atoms with Crippen molar-refractivity contribution in [1.82, 2.24) is 31.9 Å². The summed E-state index contributed by atoms with van der Waals surface area (Å²) in [6.07, 6.45) is -1.03. The minimum absolute atomic E-state index is 0.0677. The smallest absolute Gasteiger partial charge is 0.253 e. The van der Waals surface area contributed by atoms with E-state index in [1.165, 1.54) is 43.3 Å². The first-order valence-electron chi connectivity index (χ1n) is 33.8. The molecule has 0 bridgehead atoms. The molecule has 100 heavy (non-hydrogen) atoms. The molecule has 3 aliphatic heterocycles. The first kappa shape index (κ1) is 83.2. The van der Waals surface area contributed by atoms with Crippen molar-refractivity contribution >= 4 is 76.3 Å². The van der Waals surface area contributed by atoms with Gasteiger partial charge in [0.05, 0.1) is 24.7 Å². The van der Waals surface area contributed by atoms with Crippen LogP contribution < -0.4 is 49.1 Å². The van der Waals surface area contributed by atoms with Gasteiger partial charge in [-0.3, -0.25) is 62.3 Å². The van der Waals surface area contributed by atoms with E-state index in [-0.39, 0.29) is 122 Å². The number of aliphatic hydroxyl groups excluding tert-OH is 1. The topological polar surface area (TPSA) is 491 Å². The molecule has 3 aromatic rings. The van der Waals surface area contributed by atoms with Gasteiger partial charge in [0.2, 0.25) is 17.7 Å². The number of carbonyl (C=O) groups excluding carboxylic acids is 13. The molecule has 9 amide bonds. The number of rotatable bonds is 42. The van der Waals surface area contributed by atoms with Gasteiger partial charge in [0, 0.05) is 56.7 Å². The van der Waals surface area contributed by atoms with Gasteiger partial charge in [-0.1, -0.05) is 90.8 Å². The van der Waals surface area contributed by atoms with Gasteiger partial charge in [0.1, 0.15) is 23.0 Å². The van der Waals surface area contributed by atoms with Crippen LogP contribution in [0.3, 0.4) is 0 Å². The summed E-state index contributed by atoms with van der Waals surface area (Å²) < 4.78 is 15.5. The molecule has 3 aliphatic rings. The second-order valence-corrected chi connectivity index (χ2v) is 26.7. The van der Waals surface area contributed by atoms with Gasteiger partial charge < -0.3 is 83.7 Å². The Morgan fingerprint density at radius 2 is 0.690 bits per heavy atom. The standard InChI is InChI=1S/C26H39N3O7.C23H31N3O7.C22H31N3O6/c1-16(2)13-20(21(32)15-18(24(27)33)14-17-7-9-19(31)10-8-17)29-26(35)23-22(36-23)25(34)28-11-5-3-4-6-12-30;1-12(2)8-17(26-23(32)20-19(33-20)22(31)25-11-13(3)27)18(29)10-15(21(24)30)9-14-4-6-16(28)7-5-14;1-4-24-21(29)18-19(31-18)22(30)25-16(9-12(2)3)17(27)11-14(20(23)28)10-13-5-7-15(26)8-6-13/h7-10,16,18,20,22-23,30-31H,3-6,11-15H2,1-2H3,(H2,27,33)(H,28,34)(H,29,35);4-7,12,15,17,19-20,28H,8-11H2,1-3H3,(H2,24,30)(H,25,31)(H,26,32);5-8,12,14,16,18-19,26H,4,9-11H2,1-3H3,(H2,23,28)(H,24,29)(H,25,30)/t18-,20+,22?,23?;15-,17+,19-,20?;14-,16+,18?,19?/m111/s1. The molecular weight excluding hydrogens is 1300 g/mol. The molecule has 550 valence electrons. The number of aliphatic hydroxyl groups is 1. The molecule has 29 heteroatoms. The molecule has 0 spiro atoms. The second-order valence-electron chi connectivity index (χ2n) is 26.7. The summed E-state index contributed by atoms with van der Waals surface area (Å²) in [5.41, 5.74) is 18.8. The van der Waals surface area contributed by atoms with Gasteiger partial charge >= 0.3 is 0 Å².